The lowest BCUT2D eigenvalue weighted by atomic mass is 9.90. The number of likely N-dealkylation sites (tertiary alicyclic amines) is 1. The largest absolute Gasteiger partial charge is 0.490 e. The zero-order chi connectivity index (χ0) is 31.0. The van der Waals surface area contributed by atoms with Crippen LogP contribution >= 0.6 is 11.3 Å². The van der Waals surface area contributed by atoms with Crippen molar-refractivity contribution in [3.8, 4) is 27.6 Å². The van der Waals surface area contributed by atoms with Gasteiger partial charge in [-0.3, -0.25) is 0 Å². The number of carboxylic acid groups (broad SMARTS) is 1. The molecule has 0 radical (unpaired) electrons. The van der Waals surface area contributed by atoms with Crippen LogP contribution in [0.15, 0.2) is 54.7 Å². The highest BCUT2D eigenvalue weighted by Gasteiger charge is 2.30. The van der Waals surface area contributed by atoms with E-state index in [9.17, 15) is 4.79 Å². The van der Waals surface area contributed by atoms with Gasteiger partial charge < -0.3 is 24.2 Å². The molecule has 4 aromatic rings. The number of benzene rings is 2. The molecule has 3 heterocycles. The number of aromatic carboxylic acids is 1. The molecular formula is C35H44N4O5S. The van der Waals surface area contributed by atoms with Crippen LogP contribution in [0.3, 0.4) is 0 Å². The lowest BCUT2D eigenvalue weighted by Crippen LogP contribution is -2.46. The summed E-state index contributed by atoms with van der Waals surface area (Å²) < 4.78 is 19.5. The molecule has 1 aliphatic heterocycles. The quantitative estimate of drug-likeness (QED) is 0.146. The van der Waals surface area contributed by atoms with E-state index in [-0.39, 0.29) is 11.7 Å². The third-order valence-electron chi connectivity index (χ3n) is 9.11. The molecule has 0 spiro atoms. The number of carboxylic acids is 1. The molecule has 0 atom stereocenters. The Morgan fingerprint density at radius 2 is 1.56 bits per heavy atom. The van der Waals surface area contributed by atoms with E-state index < -0.39 is 5.97 Å². The smallest absolute Gasteiger partial charge is 0.335 e. The highest BCUT2D eigenvalue weighted by molar-refractivity contribution is 7.19. The third kappa shape index (κ3) is 8.30. The maximum absolute atomic E-state index is 11.1. The third-order valence-corrected chi connectivity index (χ3v) is 10.1. The molecule has 240 valence electrons. The van der Waals surface area contributed by atoms with Gasteiger partial charge in [0, 0.05) is 50.6 Å². The van der Waals surface area contributed by atoms with Crippen molar-refractivity contribution >= 4 is 22.3 Å². The molecule has 2 fully saturated rings. The second-order valence-corrected chi connectivity index (χ2v) is 13.2. The first-order valence-corrected chi connectivity index (χ1v) is 17.2. The Hall–Kier alpha value is -3.31. The van der Waals surface area contributed by atoms with E-state index >= 15 is 0 Å². The van der Waals surface area contributed by atoms with Crippen LogP contribution in [0.5, 0.6) is 5.75 Å². The fourth-order valence-electron chi connectivity index (χ4n) is 6.50. The molecule has 0 amide bonds. The van der Waals surface area contributed by atoms with Crippen molar-refractivity contribution in [3.63, 3.8) is 0 Å². The van der Waals surface area contributed by atoms with Crippen LogP contribution in [0.4, 0.5) is 0 Å². The first-order valence-electron chi connectivity index (χ1n) is 16.4. The van der Waals surface area contributed by atoms with Crippen molar-refractivity contribution < 1.29 is 24.1 Å². The lowest BCUT2D eigenvalue weighted by Gasteiger charge is -2.40. The molecule has 2 aliphatic rings. The molecule has 10 heteroatoms. The van der Waals surface area contributed by atoms with Gasteiger partial charge in [0.2, 0.25) is 4.96 Å². The van der Waals surface area contributed by atoms with Gasteiger partial charge in [-0.2, -0.15) is 5.10 Å². The van der Waals surface area contributed by atoms with Gasteiger partial charge in [-0.05, 0) is 87.8 Å². The fraction of sp³-hybridized carbons (Fsp3) is 0.514. The van der Waals surface area contributed by atoms with Gasteiger partial charge in [0.15, 0.2) is 0 Å². The summed E-state index contributed by atoms with van der Waals surface area (Å²) >= 11 is 1.53. The zero-order valence-corrected chi connectivity index (χ0v) is 26.9. The number of hydrogen-bond donors (Lipinski definition) is 1. The highest BCUT2D eigenvalue weighted by Crippen LogP contribution is 2.31. The predicted molar refractivity (Wildman–Crippen MR) is 176 cm³/mol. The number of hydrogen-bond acceptors (Lipinski definition) is 8. The maximum Gasteiger partial charge on any atom is 0.335 e. The Balaban J connectivity index is 0.921. The van der Waals surface area contributed by atoms with E-state index in [1.807, 2.05) is 18.3 Å². The molecule has 9 nitrogen and oxygen atoms in total. The lowest BCUT2D eigenvalue weighted by molar-refractivity contribution is -0.00422. The van der Waals surface area contributed by atoms with Crippen LogP contribution < -0.4 is 4.74 Å². The van der Waals surface area contributed by atoms with E-state index in [1.165, 1.54) is 49.9 Å². The number of fused-ring (bicyclic) bond motifs is 1. The summed E-state index contributed by atoms with van der Waals surface area (Å²) in [6.45, 7) is 3.97. The van der Waals surface area contributed by atoms with Crippen LogP contribution in [0.1, 0.15) is 74.6 Å². The van der Waals surface area contributed by atoms with Gasteiger partial charge in [0.05, 0.1) is 23.6 Å². The number of nitrogens with zero attached hydrogens (tertiary/aromatic N) is 4. The minimum absolute atomic E-state index is 0.252. The monoisotopic (exact) mass is 632 g/mol. The van der Waals surface area contributed by atoms with Crippen molar-refractivity contribution in [2.24, 2.45) is 0 Å². The Morgan fingerprint density at radius 3 is 2.22 bits per heavy atom. The van der Waals surface area contributed by atoms with Gasteiger partial charge in [-0.25, -0.2) is 14.3 Å². The molecule has 1 N–H and O–H groups in total. The second-order valence-electron chi connectivity index (χ2n) is 12.2. The number of imidazole rings is 1. The summed E-state index contributed by atoms with van der Waals surface area (Å²) in [6.07, 6.45) is 14.3. The van der Waals surface area contributed by atoms with Crippen LogP contribution in [0.25, 0.3) is 26.8 Å². The summed E-state index contributed by atoms with van der Waals surface area (Å²) in [7, 11) is 1.77. The highest BCUT2D eigenvalue weighted by atomic mass is 32.1. The molecule has 45 heavy (non-hydrogen) atoms. The van der Waals surface area contributed by atoms with Crippen LogP contribution in [0.2, 0.25) is 0 Å². The molecule has 2 aromatic heterocycles. The summed E-state index contributed by atoms with van der Waals surface area (Å²) in [4.78, 5) is 19.3. The predicted octanol–water partition coefficient (Wildman–Crippen LogP) is 7.20. The van der Waals surface area contributed by atoms with Crippen LogP contribution in [0, 0.1) is 0 Å². The van der Waals surface area contributed by atoms with Crippen molar-refractivity contribution in [1.29, 1.82) is 0 Å². The van der Waals surface area contributed by atoms with Gasteiger partial charge in [-0.15, -0.1) is 0 Å². The minimum Gasteiger partial charge on any atom is -0.490 e. The normalized spacial score (nSPS) is 19.7. The fourth-order valence-corrected chi connectivity index (χ4v) is 7.38. The van der Waals surface area contributed by atoms with Crippen molar-refractivity contribution in [3.05, 3.63) is 60.3 Å². The summed E-state index contributed by atoms with van der Waals surface area (Å²) in [6, 6.07) is 15.6. The van der Waals surface area contributed by atoms with Crippen molar-refractivity contribution in [2.45, 2.75) is 82.5 Å². The van der Waals surface area contributed by atoms with Crippen LogP contribution in [-0.2, 0) is 9.47 Å². The number of piperidine rings is 1. The molecular weight excluding hydrogens is 588 g/mol. The first kappa shape index (κ1) is 31.7. The minimum atomic E-state index is -0.939. The summed E-state index contributed by atoms with van der Waals surface area (Å²) in [5, 5.41) is 14.7. The molecule has 0 bridgehead atoms. The average Bonchev–Trinajstić information content (AvgIpc) is 3.66. The van der Waals surface area contributed by atoms with Crippen LogP contribution in [-0.4, -0.2) is 82.2 Å². The first-order chi connectivity index (χ1) is 22.1. The van der Waals surface area contributed by atoms with Gasteiger partial charge in [0.1, 0.15) is 16.9 Å². The van der Waals surface area contributed by atoms with Gasteiger partial charge >= 0.3 is 5.97 Å². The van der Waals surface area contributed by atoms with E-state index in [1.54, 1.807) is 35.9 Å². The molecule has 6 rings (SSSR count). The number of rotatable bonds is 14. The summed E-state index contributed by atoms with van der Waals surface area (Å²) in [5.41, 5.74) is 2.92. The van der Waals surface area contributed by atoms with Gasteiger partial charge in [0.25, 0.3) is 0 Å². The second kappa shape index (κ2) is 15.3. The standard InChI is InChI=1S/C35H44N4O5S/c1-42-22-4-2-3-5-23-43-29-16-12-28(13-17-29)38-20-18-31(19-21-38)44-30-14-10-26(11-15-30)33-37-39-24-32(36-35(39)45-33)25-6-8-27(9-7-25)34(40)41/h6-11,14-15,24,28-29,31H,2-5,12-13,16-23H2,1H3,(H,40,41). The Morgan fingerprint density at radius 1 is 0.867 bits per heavy atom. The van der Waals surface area contributed by atoms with Crippen molar-refractivity contribution in [1.82, 2.24) is 19.5 Å². The van der Waals surface area contributed by atoms with Crippen molar-refractivity contribution in [2.75, 3.05) is 33.4 Å². The van der Waals surface area contributed by atoms with E-state index in [4.69, 9.17) is 29.4 Å². The Kier molecular flexibility index (Phi) is 10.8. The van der Waals surface area contributed by atoms with E-state index in [0.717, 1.165) is 84.5 Å². The molecule has 1 aliphatic carbocycles. The molecule has 1 saturated carbocycles. The average molecular weight is 633 g/mol. The topological polar surface area (TPSA) is 98.4 Å². The molecule has 2 aromatic carbocycles. The number of ether oxygens (including phenoxy) is 3. The number of aromatic nitrogens is 3. The van der Waals surface area contributed by atoms with Gasteiger partial charge in [-0.1, -0.05) is 36.3 Å². The molecule has 1 saturated heterocycles. The maximum atomic E-state index is 11.1. The summed E-state index contributed by atoms with van der Waals surface area (Å²) in [5.74, 6) is -0.0342. The molecule has 0 unspecified atom stereocenters. The van der Waals surface area contributed by atoms with E-state index in [0.29, 0.717) is 12.1 Å². The number of methoxy groups -OCH3 is 1. The SMILES string of the molecule is COCCCCCCOC1CCC(N2CCC(Oc3ccc(-c4nn5cc(-c6ccc(C(=O)O)cc6)nc5s4)cc3)CC2)CC1. The zero-order valence-electron chi connectivity index (χ0n) is 26.1. The Bertz CT molecular complexity index is 1470. The number of carbonyl (C=O) groups is 1. The number of unbranched alkanes of at least 4 members (excludes halogenated alkanes) is 3. The van der Waals surface area contributed by atoms with E-state index in [2.05, 4.69) is 17.0 Å². The Labute approximate surface area is 269 Å².